The van der Waals surface area contributed by atoms with Crippen molar-refractivity contribution >= 4 is 5.69 Å². The van der Waals surface area contributed by atoms with Crippen molar-refractivity contribution in [2.75, 3.05) is 12.3 Å². The number of rotatable bonds is 2. The summed E-state index contributed by atoms with van der Waals surface area (Å²) in [7, 11) is 0. The summed E-state index contributed by atoms with van der Waals surface area (Å²) < 4.78 is 13.8. The fourth-order valence-corrected chi connectivity index (χ4v) is 2.99. The van der Waals surface area contributed by atoms with Crippen LogP contribution in [0.15, 0.2) is 18.2 Å². The van der Waals surface area contributed by atoms with Gasteiger partial charge in [-0.05, 0) is 37.3 Å². The van der Waals surface area contributed by atoms with Crippen molar-refractivity contribution in [2.45, 2.75) is 39.8 Å². The molecule has 0 amide bonds. The summed E-state index contributed by atoms with van der Waals surface area (Å²) >= 11 is 0. The quantitative estimate of drug-likeness (QED) is 0.816. The molecule has 1 fully saturated rings. The number of anilines is 1. The lowest BCUT2D eigenvalue weighted by Crippen LogP contribution is -2.45. The Kier molecular flexibility index (Phi) is 3.91. The monoisotopic (exact) mass is 250 g/mol. The van der Waals surface area contributed by atoms with Crippen molar-refractivity contribution in [1.82, 2.24) is 4.90 Å². The number of halogens is 1. The molecule has 18 heavy (non-hydrogen) atoms. The van der Waals surface area contributed by atoms with Gasteiger partial charge in [-0.3, -0.25) is 4.90 Å². The minimum absolute atomic E-state index is 0.187. The van der Waals surface area contributed by atoms with Crippen molar-refractivity contribution in [3.8, 4) is 0 Å². The predicted octanol–water partition coefficient (Wildman–Crippen LogP) is 3.27. The van der Waals surface area contributed by atoms with Gasteiger partial charge in [-0.15, -0.1) is 0 Å². The smallest absolute Gasteiger partial charge is 0.129 e. The van der Waals surface area contributed by atoms with Gasteiger partial charge in [-0.25, -0.2) is 4.39 Å². The molecule has 1 aromatic carbocycles. The largest absolute Gasteiger partial charge is 0.398 e. The molecule has 3 unspecified atom stereocenters. The van der Waals surface area contributed by atoms with Crippen LogP contribution in [0, 0.1) is 17.7 Å². The van der Waals surface area contributed by atoms with Gasteiger partial charge in [0.15, 0.2) is 0 Å². The Labute approximate surface area is 109 Å². The van der Waals surface area contributed by atoms with Gasteiger partial charge in [-0.2, -0.15) is 0 Å². The van der Waals surface area contributed by atoms with E-state index in [-0.39, 0.29) is 5.82 Å². The molecule has 1 aliphatic rings. The minimum atomic E-state index is -0.187. The third-order valence-corrected chi connectivity index (χ3v) is 4.24. The Morgan fingerprint density at radius 3 is 2.72 bits per heavy atom. The molecular weight excluding hydrogens is 227 g/mol. The maximum Gasteiger partial charge on any atom is 0.129 e. The number of likely N-dealkylation sites (tertiary alicyclic amines) is 1. The third kappa shape index (κ3) is 2.66. The molecule has 0 spiro atoms. The second-order valence-electron chi connectivity index (χ2n) is 5.80. The van der Waals surface area contributed by atoms with Gasteiger partial charge < -0.3 is 5.73 Å². The SMILES string of the molecule is CC1CC(C)C(C)N(Cc2c(N)cccc2F)C1. The molecule has 2 N–H and O–H groups in total. The number of nitrogen functional groups attached to an aromatic ring is 1. The average Bonchev–Trinajstić information content (AvgIpc) is 2.30. The zero-order chi connectivity index (χ0) is 13.3. The van der Waals surface area contributed by atoms with E-state index in [1.807, 2.05) is 0 Å². The van der Waals surface area contributed by atoms with Crippen molar-refractivity contribution in [3.63, 3.8) is 0 Å². The zero-order valence-electron chi connectivity index (χ0n) is 11.5. The molecule has 1 heterocycles. The summed E-state index contributed by atoms with van der Waals surface area (Å²) in [6, 6.07) is 5.42. The van der Waals surface area contributed by atoms with Gasteiger partial charge in [0.05, 0.1) is 0 Å². The first-order valence-corrected chi connectivity index (χ1v) is 6.76. The highest BCUT2D eigenvalue weighted by Crippen LogP contribution is 2.29. The fraction of sp³-hybridized carbons (Fsp3) is 0.600. The molecule has 1 aromatic rings. The lowest BCUT2D eigenvalue weighted by atomic mass is 9.85. The Hall–Kier alpha value is -1.09. The third-order valence-electron chi connectivity index (χ3n) is 4.24. The van der Waals surface area contributed by atoms with Crippen molar-refractivity contribution in [1.29, 1.82) is 0 Å². The average molecular weight is 250 g/mol. The Bertz CT molecular complexity index is 399. The second kappa shape index (κ2) is 5.27. The molecule has 0 aliphatic carbocycles. The molecular formula is C15H23FN2. The van der Waals surface area contributed by atoms with Crippen LogP contribution in [-0.4, -0.2) is 17.5 Å². The summed E-state index contributed by atoms with van der Waals surface area (Å²) in [6.45, 7) is 8.42. The lowest BCUT2D eigenvalue weighted by Gasteiger charge is -2.41. The van der Waals surface area contributed by atoms with E-state index < -0.39 is 0 Å². The Morgan fingerprint density at radius 2 is 2.06 bits per heavy atom. The summed E-state index contributed by atoms with van der Waals surface area (Å²) in [5.41, 5.74) is 7.09. The molecule has 100 valence electrons. The van der Waals surface area contributed by atoms with Crippen molar-refractivity contribution in [3.05, 3.63) is 29.6 Å². The number of benzene rings is 1. The number of hydrogen-bond donors (Lipinski definition) is 1. The minimum Gasteiger partial charge on any atom is -0.398 e. The van der Waals surface area contributed by atoms with Crippen LogP contribution < -0.4 is 5.73 Å². The highest BCUT2D eigenvalue weighted by Gasteiger charge is 2.29. The molecule has 1 aliphatic heterocycles. The van der Waals surface area contributed by atoms with Crippen LogP contribution in [0.1, 0.15) is 32.8 Å². The van der Waals surface area contributed by atoms with Gasteiger partial charge in [0, 0.05) is 30.4 Å². The molecule has 1 saturated heterocycles. The van der Waals surface area contributed by atoms with Crippen LogP contribution in [0.4, 0.5) is 10.1 Å². The molecule has 0 radical (unpaired) electrons. The highest BCUT2D eigenvalue weighted by molar-refractivity contribution is 5.47. The maximum atomic E-state index is 13.8. The Balaban J connectivity index is 2.17. The van der Waals surface area contributed by atoms with Crippen molar-refractivity contribution < 1.29 is 4.39 Å². The first kappa shape index (κ1) is 13.3. The van der Waals surface area contributed by atoms with E-state index in [1.54, 1.807) is 12.1 Å². The Morgan fingerprint density at radius 1 is 1.33 bits per heavy atom. The normalized spacial score (nSPS) is 29.4. The molecule has 0 bridgehead atoms. The van der Waals surface area contributed by atoms with Gasteiger partial charge in [0.2, 0.25) is 0 Å². The van der Waals surface area contributed by atoms with E-state index in [0.717, 1.165) is 6.54 Å². The standard InChI is InChI=1S/C15H23FN2/c1-10-7-11(2)12(3)18(8-10)9-13-14(16)5-4-6-15(13)17/h4-6,10-12H,7-9,17H2,1-3H3. The van der Waals surface area contributed by atoms with Crippen LogP contribution in [0.25, 0.3) is 0 Å². The number of nitrogens with two attached hydrogens (primary N) is 1. The first-order chi connectivity index (χ1) is 8.49. The predicted molar refractivity (Wildman–Crippen MR) is 73.6 cm³/mol. The van der Waals surface area contributed by atoms with E-state index in [2.05, 4.69) is 25.7 Å². The molecule has 2 rings (SSSR count). The maximum absolute atomic E-state index is 13.8. The van der Waals surface area contributed by atoms with E-state index in [0.29, 0.717) is 35.7 Å². The summed E-state index contributed by atoms with van der Waals surface area (Å²) in [6.07, 6.45) is 1.25. The number of piperidine rings is 1. The molecule has 0 saturated carbocycles. The van der Waals surface area contributed by atoms with Gasteiger partial charge >= 0.3 is 0 Å². The molecule has 3 heteroatoms. The topological polar surface area (TPSA) is 29.3 Å². The van der Waals surface area contributed by atoms with E-state index >= 15 is 0 Å². The van der Waals surface area contributed by atoms with Crippen LogP contribution >= 0.6 is 0 Å². The van der Waals surface area contributed by atoms with Crippen LogP contribution in [0.2, 0.25) is 0 Å². The number of hydrogen-bond acceptors (Lipinski definition) is 2. The number of nitrogens with zero attached hydrogens (tertiary/aromatic N) is 1. The highest BCUT2D eigenvalue weighted by atomic mass is 19.1. The summed E-state index contributed by atoms with van der Waals surface area (Å²) in [5, 5.41) is 0. The molecule has 0 aromatic heterocycles. The van der Waals surface area contributed by atoms with E-state index in [9.17, 15) is 4.39 Å². The molecule has 2 nitrogen and oxygen atoms in total. The second-order valence-corrected chi connectivity index (χ2v) is 5.80. The molecule has 3 atom stereocenters. The van der Waals surface area contributed by atoms with Crippen LogP contribution in [0.3, 0.4) is 0 Å². The summed E-state index contributed by atoms with van der Waals surface area (Å²) in [5.74, 6) is 1.14. The zero-order valence-corrected chi connectivity index (χ0v) is 11.5. The van der Waals surface area contributed by atoms with Crippen LogP contribution in [-0.2, 0) is 6.54 Å². The first-order valence-electron chi connectivity index (χ1n) is 6.76. The van der Waals surface area contributed by atoms with Crippen LogP contribution in [0.5, 0.6) is 0 Å². The fourth-order valence-electron chi connectivity index (χ4n) is 2.99. The lowest BCUT2D eigenvalue weighted by molar-refractivity contribution is 0.0722. The van der Waals surface area contributed by atoms with Crippen molar-refractivity contribution in [2.24, 2.45) is 11.8 Å². The van der Waals surface area contributed by atoms with Gasteiger partial charge in [0.25, 0.3) is 0 Å². The summed E-state index contributed by atoms with van der Waals surface area (Å²) in [4.78, 5) is 2.35. The van der Waals surface area contributed by atoms with Gasteiger partial charge in [0.1, 0.15) is 5.82 Å². The van der Waals surface area contributed by atoms with E-state index in [1.165, 1.54) is 12.5 Å². The van der Waals surface area contributed by atoms with E-state index in [4.69, 9.17) is 5.73 Å². The van der Waals surface area contributed by atoms with Gasteiger partial charge in [-0.1, -0.05) is 19.9 Å².